The van der Waals surface area contributed by atoms with Gasteiger partial charge < -0.3 is 14.4 Å². The summed E-state index contributed by atoms with van der Waals surface area (Å²) in [6, 6.07) is 1.57. The number of halogens is 4. The van der Waals surface area contributed by atoms with E-state index in [4.69, 9.17) is 16.3 Å². The molecule has 1 aromatic rings. The van der Waals surface area contributed by atoms with Crippen LogP contribution < -0.4 is 0 Å². The molecule has 2 rings (SSSR count). The number of ether oxygens (including phenoxy) is 1. The second kappa shape index (κ2) is 7.06. The molecule has 26 heavy (non-hydrogen) atoms. The number of aldehydes is 1. The summed E-state index contributed by atoms with van der Waals surface area (Å²) in [6.45, 7) is 5.55. The lowest BCUT2D eigenvalue weighted by Crippen LogP contribution is -2.47. The van der Waals surface area contributed by atoms with Crippen LogP contribution in [0, 0.1) is 0 Å². The molecule has 0 aromatic carbocycles. The zero-order valence-electron chi connectivity index (χ0n) is 14.7. The minimum Gasteiger partial charge on any atom is -0.444 e. The van der Waals surface area contributed by atoms with E-state index in [1.807, 2.05) is 0 Å². The second-order valence-corrected chi connectivity index (χ2v) is 7.69. The molecule has 9 heteroatoms. The van der Waals surface area contributed by atoms with Crippen molar-refractivity contribution in [3.63, 3.8) is 0 Å². The molecular formula is C17H20ClF3N2O3. The van der Waals surface area contributed by atoms with Crippen molar-refractivity contribution in [2.75, 3.05) is 13.1 Å². The van der Waals surface area contributed by atoms with Gasteiger partial charge in [-0.05, 0) is 45.7 Å². The minimum atomic E-state index is -4.59. The summed E-state index contributed by atoms with van der Waals surface area (Å²) in [7, 11) is 0. The van der Waals surface area contributed by atoms with Gasteiger partial charge in [-0.25, -0.2) is 9.78 Å². The van der Waals surface area contributed by atoms with Crippen molar-refractivity contribution in [1.29, 1.82) is 0 Å². The van der Waals surface area contributed by atoms with Gasteiger partial charge in [0.05, 0.1) is 16.7 Å². The SMILES string of the molecule is CC(C)(C)OC(=O)N1CCC(C=O)(c2cc(C(F)(F)F)cc(Cl)n2)CC1. The Morgan fingerprint density at radius 2 is 1.85 bits per heavy atom. The quantitative estimate of drug-likeness (QED) is 0.558. The van der Waals surface area contributed by atoms with Gasteiger partial charge in [0.25, 0.3) is 0 Å². The number of carbonyl (C=O) groups is 2. The minimum absolute atomic E-state index is 0.0313. The van der Waals surface area contributed by atoms with Crippen LogP contribution in [0.2, 0.25) is 5.15 Å². The molecule has 1 fully saturated rings. The average molecular weight is 393 g/mol. The summed E-state index contributed by atoms with van der Waals surface area (Å²) in [5, 5.41) is -0.328. The van der Waals surface area contributed by atoms with E-state index >= 15 is 0 Å². The van der Waals surface area contributed by atoms with Gasteiger partial charge in [-0.1, -0.05) is 11.6 Å². The number of amides is 1. The number of carbonyl (C=O) groups excluding carboxylic acids is 2. The highest BCUT2D eigenvalue weighted by atomic mass is 35.5. The Morgan fingerprint density at radius 3 is 2.31 bits per heavy atom. The van der Waals surface area contributed by atoms with E-state index in [2.05, 4.69) is 4.98 Å². The molecule has 2 heterocycles. The Labute approximate surface area is 154 Å². The van der Waals surface area contributed by atoms with E-state index in [1.165, 1.54) is 4.90 Å². The van der Waals surface area contributed by atoms with Crippen molar-refractivity contribution in [1.82, 2.24) is 9.88 Å². The van der Waals surface area contributed by atoms with Crippen molar-refractivity contribution < 1.29 is 27.5 Å². The lowest BCUT2D eigenvalue weighted by Gasteiger charge is -2.38. The molecule has 0 atom stereocenters. The third-order valence-electron chi connectivity index (χ3n) is 4.16. The van der Waals surface area contributed by atoms with Crippen molar-refractivity contribution in [2.24, 2.45) is 0 Å². The fourth-order valence-electron chi connectivity index (χ4n) is 2.76. The van der Waals surface area contributed by atoms with Gasteiger partial charge in [0.1, 0.15) is 17.0 Å². The number of hydrogen-bond donors (Lipinski definition) is 0. The fourth-order valence-corrected chi connectivity index (χ4v) is 2.97. The van der Waals surface area contributed by atoms with Gasteiger partial charge in [-0.15, -0.1) is 0 Å². The first kappa shape index (κ1) is 20.5. The molecule has 0 N–H and O–H groups in total. The number of piperidine rings is 1. The molecule has 0 radical (unpaired) electrons. The molecule has 1 aliphatic rings. The highest BCUT2D eigenvalue weighted by Crippen LogP contribution is 2.37. The second-order valence-electron chi connectivity index (χ2n) is 7.30. The molecular weight excluding hydrogens is 373 g/mol. The lowest BCUT2D eigenvalue weighted by molar-refractivity contribution is -0.137. The molecule has 0 saturated carbocycles. The molecule has 1 aliphatic heterocycles. The van der Waals surface area contributed by atoms with Crippen molar-refractivity contribution in [2.45, 2.75) is 50.8 Å². The Bertz CT molecular complexity index is 693. The van der Waals surface area contributed by atoms with Crippen LogP contribution in [-0.4, -0.2) is 41.0 Å². The topological polar surface area (TPSA) is 59.5 Å². The third-order valence-corrected chi connectivity index (χ3v) is 4.36. The van der Waals surface area contributed by atoms with E-state index in [0.29, 0.717) is 6.29 Å². The molecule has 0 aliphatic carbocycles. The summed E-state index contributed by atoms with van der Waals surface area (Å²) in [5.41, 5.74) is -2.87. The maximum Gasteiger partial charge on any atom is 0.416 e. The summed E-state index contributed by atoms with van der Waals surface area (Å²) in [6.07, 6.45) is -4.24. The summed E-state index contributed by atoms with van der Waals surface area (Å²) >= 11 is 5.73. The van der Waals surface area contributed by atoms with Gasteiger partial charge in [0.15, 0.2) is 0 Å². The summed E-state index contributed by atoms with van der Waals surface area (Å²) < 4.78 is 44.4. The average Bonchev–Trinajstić information content (AvgIpc) is 2.52. The van der Waals surface area contributed by atoms with Crippen LogP contribution in [0.5, 0.6) is 0 Å². The van der Waals surface area contributed by atoms with Crippen LogP contribution in [0.4, 0.5) is 18.0 Å². The molecule has 0 spiro atoms. The van der Waals surface area contributed by atoms with Gasteiger partial charge in [-0.2, -0.15) is 13.2 Å². The van der Waals surface area contributed by atoms with Crippen LogP contribution >= 0.6 is 11.6 Å². The highest BCUT2D eigenvalue weighted by molar-refractivity contribution is 6.29. The largest absolute Gasteiger partial charge is 0.444 e. The maximum absolute atomic E-state index is 13.0. The number of pyridine rings is 1. The number of likely N-dealkylation sites (tertiary alicyclic amines) is 1. The van der Waals surface area contributed by atoms with E-state index in [1.54, 1.807) is 20.8 Å². The Morgan fingerprint density at radius 1 is 1.27 bits per heavy atom. The van der Waals surface area contributed by atoms with Crippen molar-refractivity contribution >= 4 is 24.0 Å². The zero-order chi connectivity index (χ0) is 19.8. The van der Waals surface area contributed by atoms with E-state index < -0.39 is 28.8 Å². The number of rotatable bonds is 2. The van der Waals surface area contributed by atoms with Crippen molar-refractivity contribution in [3.05, 3.63) is 28.5 Å². The maximum atomic E-state index is 13.0. The smallest absolute Gasteiger partial charge is 0.416 e. The van der Waals surface area contributed by atoms with Gasteiger partial charge in [0.2, 0.25) is 0 Å². The third kappa shape index (κ3) is 4.66. The lowest BCUT2D eigenvalue weighted by atomic mass is 9.76. The number of hydrogen-bond acceptors (Lipinski definition) is 4. The summed E-state index contributed by atoms with van der Waals surface area (Å²) in [4.78, 5) is 29.3. The predicted molar refractivity (Wildman–Crippen MR) is 89.0 cm³/mol. The normalized spacial score (nSPS) is 17.7. The predicted octanol–water partition coefficient (Wildman–Crippen LogP) is 4.22. The standard InChI is InChI=1S/C17H20ClF3N2O3/c1-15(2,3)26-14(25)23-6-4-16(10-24,5-7-23)12-8-11(17(19,20)21)9-13(18)22-12/h8-10H,4-7H2,1-3H3. The number of aromatic nitrogens is 1. The molecule has 5 nitrogen and oxygen atoms in total. The van der Waals surface area contributed by atoms with E-state index in [0.717, 1.165) is 12.1 Å². The Balaban J connectivity index is 2.23. The molecule has 0 unspecified atom stereocenters. The Kier molecular flexibility index (Phi) is 5.56. The van der Waals surface area contributed by atoms with Crippen LogP contribution in [0.3, 0.4) is 0 Å². The molecule has 0 bridgehead atoms. The highest BCUT2D eigenvalue weighted by Gasteiger charge is 2.41. The van der Waals surface area contributed by atoms with E-state index in [-0.39, 0.29) is 36.8 Å². The molecule has 144 valence electrons. The van der Waals surface area contributed by atoms with Gasteiger partial charge in [-0.3, -0.25) is 0 Å². The number of alkyl halides is 3. The van der Waals surface area contributed by atoms with Crippen LogP contribution in [0.15, 0.2) is 12.1 Å². The first-order chi connectivity index (χ1) is 11.9. The van der Waals surface area contributed by atoms with Crippen molar-refractivity contribution in [3.8, 4) is 0 Å². The van der Waals surface area contributed by atoms with Gasteiger partial charge >= 0.3 is 12.3 Å². The molecule has 1 amide bonds. The van der Waals surface area contributed by atoms with Crippen LogP contribution in [0.1, 0.15) is 44.9 Å². The summed E-state index contributed by atoms with van der Waals surface area (Å²) in [5.74, 6) is 0. The number of nitrogens with zero attached hydrogens (tertiary/aromatic N) is 2. The monoisotopic (exact) mass is 392 g/mol. The Hall–Kier alpha value is -1.83. The van der Waals surface area contributed by atoms with Gasteiger partial charge in [0, 0.05) is 13.1 Å². The van der Waals surface area contributed by atoms with Crippen LogP contribution in [-0.2, 0) is 21.1 Å². The van der Waals surface area contributed by atoms with E-state index in [9.17, 15) is 22.8 Å². The van der Waals surface area contributed by atoms with Crippen LogP contribution in [0.25, 0.3) is 0 Å². The molecule has 1 aromatic heterocycles. The zero-order valence-corrected chi connectivity index (χ0v) is 15.4. The molecule has 1 saturated heterocycles. The fraction of sp³-hybridized carbons (Fsp3) is 0.588. The first-order valence-corrected chi connectivity index (χ1v) is 8.44. The first-order valence-electron chi connectivity index (χ1n) is 8.06.